The first kappa shape index (κ1) is 18.3. The van der Waals surface area contributed by atoms with Gasteiger partial charge in [0.2, 0.25) is 0 Å². The van der Waals surface area contributed by atoms with Gasteiger partial charge in [-0.25, -0.2) is 4.39 Å². The lowest BCUT2D eigenvalue weighted by Crippen LogP contribution is -2.43. The van der Waals surface area contributed by atoms with Crippen molar-refractivity contribution in [2.45, 2.75) is 19.0 Å². The number of hydrogen-bond donors (Lipinski definition) is 1. The number of morpholine rings is 1. The summed E-state index contributed by atoms with van der Waals surface area (Å²) in [6.45, 7) is 6.13. The largest absolute Gasteiger partial charge is 0.379 e. The molecule has 0 bridgehead atoms. The number of benzene rings is 2. The predicted octanol–water partition coefficient (Wildman–Crippen LogP) is 4.20. The van der Waals surface area contributed by atoms with Crippen molar-refractivity contribution in [2.24, 2.45) is 0 Å². The fourth-order valence-electron chi connectivity index (χ4n) is 3.23. The van der Waals surface area contributed by atoms with Gasteiger partial charge in [-0.2, -0.15) is 0 Å². The van der Waals surface area contributed by atoms with E-state index in [2.05, 4.69) is 23.2 Å². The van der Waals surface area contributed by atoms with E-state index in [1.165, 1.54) is 12.1 Å². The summed E-state index contributed by atoms with van der Waals surface area (Å²) in [5.74, 6) is -0.210. The second-order valence-electron chi connectivity index (χ2n) is 6.37. The Hall–Kier alpha value is -1.46. The second-order valence-corrected chi connectivity index (χ2v) is 6.77. The molecule has 1 fully saturated rings. The van der Waals surface area contributed by atoms with Gasteiger partial charge in [-0.05, 0) is 36.2 Å². The number of rotatable bonds is 6. The standard InChI is InChI=1S/C20H24ClFN2O/c1-15(16-6-8-17(22)9-7-16)23-14-20(24-10-12-25-13-11-24)18-4-2-3-5-19(18)21/h2-9,15,20,23H,10-14H2,1H3. The zero-order valence-electron chi connectivity index (χ0n) is 14.4. The Kier molecular flexibility index (Phi) is 6.43. The van der Waals surface area contributed by atoms with Gasteiger partial charge in [0.05, 0.1) is 13.2 Å². The molecule has 25 heavy (non-hydrogen) atoms. The molecule has 2 aromatic rings. The average molecular weight is 363 g/mol. The van der Waals surface area contributed by atoms with E-state index in [0.29, 0.717) is 0 Å². The van der Waals surface area contributed by atoms with Crippen LogP contribution in [-0.2, 0) is 4.74 Å². The Morgan fingerprint density at radius 1 is 1.12 bits per heavy atom. The summed E-state index contributed by atoms with van der Waals surface area (Å²) >= 11 is 6.46. The van der Waals surface area contributed by atoms with Crippen LogP contribution in [-0.4, -0.2) is 37.7 Å². The Labute approximate surface area is 153 Å². The zero-order chi connectivity index (χ0) is 17.6. The van der Waals surface area contributed by atoms with Gasteiger partial charge in [0, 0.05) is 36.7 Å². The minimum atomic E-state index is -0.210. The highest BCUT2D eigenvalue weighted by atomic mass is 35.5. The molecule has 5 heteroatoms. The van der Waals surface area contributed by atoms with Crippen molar-refractivity contribution in [3.8, 4) is 0 Å². The molecule has 2 unspecified atom stereocenters. The molecule has 2 atom stereocenters. The van der Waals surface area contributed by atoms with Crippen molar-refractivity contribution >= 4 is 11.6 Å². The molecule has 0 radical (unpaired) electrons. The van der Waals surface area contributed by atoms with Gasteiger partial charge in [0.25, 0.3) is 0 Å². The van der Waals surface area contributed by atoms with Crippen molar-refractivity contribution in [3.63, 3.8) is 0 Å². The van der Waals surface area contributed by atoms with Crippen LogP contribution in [0.3, 0.4) is 0 Å². The number of halogens is 2. The maximum Gasteiger partial charge on any atom is 0.123 e. The van der Waals surface area contributed by atoms with E-state index in [1.807, 2.05) is 30.3 Å². The first-order chi connectivity index (χ1) is 12.1. The molecule has 1 aliphatic heterocycles. The van der Waals surface area contributed by atoms with Gasteiger partial charge >= 0.3 is 0 Å². The van der Waals surface area contributed by atoms with Gasteiger partial charge in [0.15, 0.2) is 0 Å². The second kappa shape index (κ2) is 8.77. The number of ether oxygens (including phenoxy) is 1. The summed E-state index contributed by atoms with van der Waals surface area (Å²) in [5, 5.41) is 4.37. The van der Waals surface area contributed by atoms with Crippen LogP contribution in [0.4, 0.5) is 4.39 Å². The van der Waals surface area contributed by atoms with Gasteiger partial charge in [-0.1, -0.05) is 41.9 Å². The van der Waals surface area contributed by atoms with Crippen LogP contribution in [0.25, 0.3) is 0 Å². The SMILES string of the molecule is CC(NCC(c1ccccc1Cl)N1CCOCC1)c1ccc(F)cc1. The molecule has 1 N–H and O–H groups in total. The smallest absolute Gasteiger partial charge is 0.123 e. The molecular formula is C20H24ClFN2O. The van der Waals surface area contributed by atoms with Crippen LogP contribution >= 0.6 is 11.6 Å². The van der Waals surface area contributed by atoms with Gasteiger partial charge < -0.3 is 10.1 Å². The molecule has 0 aromatic heterocycles. The lowest BCUT2D eigenvalue weighted by molar-refractivity contribution is 0.0157. The Morgan fingerprint density at radius 3 is 2.48 bits per heavy atom. The summed E-state index contributed by atoms with van der Waals surface area (Å²) in [6, 6.07) is 15.0. The van der Waals surface area contributed by atoms with Gasteiger partial charge in [-0.15, -0.1) is 0 Å². The van der Waals surface area contributed by atoms with Gasteiger partial charge in [-0.3, -0.25) is 4.90 Å². The quantitative estimate of drug-likeness (QED) is 0.833. The summed E-state index contributed by atoms with van der Waals surface area (Å²) in [5.41, 5.74) is 2.20. The number of nitrogens with one attached hydrogen (secondary N) is 1. The van der Waals surface area contributed by atoms with Crippen molar-refractivity contribution < 1.29 is 9.13 Å². The van der Waals surface area contributed by atoms with Crippen LogP contribution in [0.2, 0.25) is 5.02 Å². The monoisotopic (exact) mass is 362 g/mol. The van der Waals surface area contributed by atoms with E-state index in [4.69, 9.17) is 16.3 Å². The van der Waals surface area contributed by atoms with Crippen molar-refractivity contribution in [3.05, 3.63) is 70.5 Å². The number of hydrogen-bond acceptors (Lipinski definition) is 3. The highest BCUT2D eigenvalue weighted by Gasteiger charge is 2.24. The molecule has 1 saturated heterocycles. The molecule has 134 valence electrons. The Balaban J connectivity index is 1.73. The summed E-state index contributed by atoms with van der Waals surface area (Å²) in [7, 11) is 0. The van der Waals surface area contributed by atoms with E-state index in [9.17, 15) is 4.39 Å². The van der Waals surface area contributed by atoms with Crippen LogP contribution < -0.4 is 5.32 Å². The third-order valence-corrected chi connectivity index (χ3v) is 5.08. The van der Waals surface area contributed by atoms with E-state index < -0.39 is 0 Å². The fourth-order valence-corrected chi connectivity index (χ4v) is 3.49. The molecule has 0 aliphatic carbocycles. The van der Waals surface area contributed by atoms with E-state index in [1.54, 1.807) is 0 Å². The van der Waals surface area contributed by atoms with Crippen LogP contribution in [0, 0.1) is 5.82 Å². The van der Waals surface area contributed by atoms with E-state index >= 15 is 0 Å². The molecule has 3 rings (SSSR count). The molecule has 1 heterocycles. The Morgan fingerprint density at radius 2 is 1.80 bits per heavy atom. The van der Waals surface area contributed by atoms with Crippen LogP contribution in [0.15, 0.2) is 48.5 Å². The Bertz CT molecular complexity index is 674. The zero-order valence-corrected chi connectivity index (χ0v) is 15.2. The van der Waals surface area contributed by atoms with Gasteiger partial charge in [0.1, 0.15) is 5.82 Å². The molecule has 0 spiro atoms. The number of nitrogens with zero attached hydrogens (tertiary/aromatic N) is 1. The normalized spacial score (nSPS) is 18.0. The first-order valence-corrected chi connectivity index (χ1v) is 9.08. The van der Waals surface area contributed by atoms with Crippen LogP contribution in [0.5, 0.6) is 0 Å². The lowest BCUT2D eigenvalue weighted by atomic mass is 10.0. The molecule has 3 nitrogen and oxygen atoms in total. The van der Waals surface area contributed by atoms with Crippen molar-refractivity contribution in [2.75, 3.05) is 32.8 Å². The predicted molar refractivity (Wildman–Crippen MR) is 99.4 cm³/mol. The van der Waals surface area contributed by atoms with Crippen molar-refractivity contribution in [1.82, 2.24) is 10.2 Å². The minimum absolute atomic E-state index is 0.131. The minimum Gasteiger partial charge on any atom is -0.379 e. The first-order valence-electron chi connectivity index (χ1n) is 8.70. The average Bonchev–Trinajstić information content (AvgIpc) is 2.64. The molecule has 0 amide bonds. The highest BCUT2D eigenvalue weighted by Crippen LogP contribution is 2.28. The van der Waals surface area contributed by atoms with Crippen LogP contribution in [0.1, 0.15) is 30.1 Å². The highest BCUT2D eigenvalue weighted by molar-refractivity contribution is 6.31. The van der Waals surface area contributed by atoms with Crippen molar-refractivity contribution in [1.29, 1.82) is 0 Å². The summed E-state index contributed by atoms with van der Waals surface area (Å²) in [6.07, 6.45) is 0. The lowest BCUT2D eigenvalue weighted by Gasteiger charge is -2.36. The fraction of sp³-hybridized carbons (Fsp3) is 0.400. The maximum absolute atomic E-state index is 13.1. The third-order valence-electron chi connectivity index (χ3n) is 4.74. The molecule has 1 aliphatic rings. The third kappa shape index (κ3) is 4.79. The van der Waals surface area contributed by atoms with E-state index in [0.717, 1.165) is 49.0 Å². The van der Waals surface area contributed by atoms with E-state index in [-0.39, 0.29) is 17.9 Å². The molecule has 2 aromatic carbocycles. The maximum atomic E-state index is 13.1. The molecule has 0 saturated carbocycles. The topological polar surface area (TPSA) is 24.5 Å². The summed E-state index contributed by atoms with van der Waals surface area (Å²) in [4.78, 5) is 2.41. The molecular weight excluding hydrogens is 339 g/mol. The summed E-state index contributed by atoms with van der Waals surface area (Å²) < 4.78 is 18.6.